The van der Waals surface area contributed by atoms with Crippen LogP contribution in [-0.2, 0) is 0 Å². The number of thioether (sulfide) groups is 1. The summed E-state index contributed by atoms with van der Waals surface area (Å²) in [6.45, 7) is 8.92. The molecular weight excluding hydrogens is 242 g/mol. The van der Waals surface area contributed by atoms with Crippen LogP contribution in [0.15, 0.2) is 4.99 Å². The summed E-state index contributed by atoms with van der Waals surface area (Å²) in [5.41, 5.74) is 0.430. The van der Waals surface area contributed by atoms with Crippen LogP contribution in [-0.4, -0.2) is 37.1 Å². The van der Waals surface area contributed by atoms with Gasteiger partial charge in [-0.05, 0) is 36.9 Å². The van der Waals surface area contributed by atoms with Crippen molar-refractivity contribution in [2.45, 2.75) is 51.7 Å². The Bertz CT molecular complexity index is 252. The van der Waals surface area contributed by atoms with Gasteiger partial charge in [0.15, 0.2) is 5.96 Å². The summed E-state index contributed by atoms with van der Waals surface area (Å²) in [6.07, 6.45) is 5.16. The van der Waals surface area contributed by atoms with Gasteiger partial charge in [-0.15, -0.1) is 0 Å². The van der Waals surface area contributed by atoms with Crippen LogP contribution in [0.4, 0.5) is 0 Å². The molecule has 0 saturated carbocycles. The molecule has 1 aliphatic rings. The topological polar surface area (TPSA) is 36.4 Å². The van der Waals surface area contributed by atoms with E-state index in [0.29, 0.717) is 5.41 Å². The van der Waals surface area contributed by atoms with Gasteiger partial charge >= 0.3 is 0 Å². The van der Waals surface area contributed by atoms with Crippen molar-refractivity contribution in [1.29, 1.82) is 0 Å². The third-order valence-electron chi connectivity index (χ3n) is 3.14. The van der Waals surface area contributed by atoms with Crippen molar-refractivity contribution in [3.63, 3.8) is 0 Å². The summed E-state index contributed by atoms with van der Waals surface area (Å²) >= 11 is 2.08. The Balaban J connectivity index is 2.10. The van der Waals surface area contributed by atoms with Crippen LogP contribution in [0.3, 0.4) is 0 Å². The maximum atomic E-state index is 4.27. The SMILES string of the molecule is CN=C(NCCCC(C)(C)C)NCC1CCCS1. The lowest BCUT2D eigenvalue weighted by Gasteiger charge is -2.19. The van der Waals surface area contributed by atoms with Crippen molar-refractivity contribution in [2.75, 3.05) is 25.9 Å². The lowest BCUT2D eigenvalue weighted by molar-refractivity contribution is 0.365. The lowest BCUT2D eigenvalue weighted by atomic mass is 9.91. The maximum absolute atomic E-state index is 4.27. The van der Waals surface area contributed by atoms with Crippen molar-refractivity contribution in [1.82, 2.24) is 10.6 Å². The number of hydrogen-bond donors (Lipinski definition) is 2. The highest BCUT2D eigenvalue weighted by Crippen LogP contribution is 2.25. The molecule has 1 aliphatic heterocycles. The molecule has 3 nitrogen and oxygen atoms in total. The fourth-order valence-electron chi connectivity index (χ4n) is 2.06. The summed E-state index contributed by atoms with van der Waals surface area (Å²) in [7, 11) is 1.85. The van der Waals surface area contributed by atoms with Gasteiger partial charge in [0.25, 0.3) is 0 Å². The third-order valence-corrected chi connectivity index (χ3v) is 4.54. The van der Waals surface area contributed by atoms with E-state index in [-0.39, 0.29) is 0 Å². The Morgan fingerprint density at radius 3 is 2.67 bits per heavy atom. The van der Waals surface area contributed by atoms with Gasteiger partial charge in [0.1, 0.15) is 0 Å². The minimum Gasteiger partial charge on any atom is -0.356 e. The summed E-state index contributed by atoms with van der Waals surface area (Å²) in [5, 5.41) is 7.60. The summed E-state index contributed by atoms with van der Waals surface area (Å²) in [5.74, 6) is 2.28. The summed E-state index contributed by atoms with van der Waals surface area (Å²) in [6, 6.07) is 0. The second kappa shape index (κ2) is 7.93. The number of aliphatic imine (C=N–C) groups is 1. The van der Waals surface area contributed by atoms with Gasteiger partial charge < -0.3 is 10.6 Å². The fourth-order valence-corrected chi connectivity index (χ4v) is 3.26. The van der Waals surface area contributed by atoms with Gasteiger partial charge in [0.05, 0.1) is 0 Å². The molecule has 0 aromatic rings. The first-order chi connectivity index (χ1) is 8.51. The highest BCUT2D eigenvalue weighted by atomic mass is 32.2. The van der Waals surface area contributed by atoms with E-state index < -0.39 is 0 Å². The highest BCUT2D eigenvalue weighted by molar-refractivity contribution is 8.00. The average Bonchev–Trinajstić information content (AvgIpc) is 2.79. The summed E-state index contributed by atoms with van der Waals surface area (Å²) in [4.78, 5) is 4.27. The van der Waals surface area contributed by atoms with Gasteiger partial charge in [-0.25, -0.2) is 0 Å². The van der Waals surface area contributed by atoms with Gasteiger partial charge in [-0.1, -0.05) is 20.8 Å². The molecular formula is C14H29N3S. The molecule has 1 unspecified atom stereocenters. The van der Waals surface area contributed by atoms with Crippen LogP contribution in [0.5, 0.6) is 0 Å². The molecule has 18 heavy (non-hydrogen) atoms. The molecule has 1 rings (SSSR count). The van der Waals surface area contributed by atoms with Crippen molar-refractivity contribution in [3.8, 4) is 0 Å². The minimum absolute atomic E-state index is 0.430. The molecule has 1 saturated heterocycles. The number of nitrogens with zero attached hydrogens (tertiary/aromatic N) is 1. The van der Waals surface area contributed by atoms with Crippen LogP contribution in [0.2, 0.25) is 0 Å². The number of hydrogen-bond acceptors (Lipinski definition) is 2. The largest absolute Gasteiger partial charge is 0.356 e. The van der Waals surface area contributed by atoms with Crippen LogP contribution >= 0.6 is 11.8 Å². The molecule has 0 spiro atoms. The zero-order chi connectivity index (χ0) is 13.4. The van der Waals surface area contributed by atoms with Crippen LogP contribution in [0.25, 0.3) is 0 Å². The predicted molar refractivity (Wildman–Crippen MR) is 83.5 cm³/mol. The Kier molecular flexibility index (Phi) is 6.90. The van der Waals surface area contributed by atoms with Crippen LogP contribution in [0.1, 0.15) is 46.5 Å². The third kappa shape index (κ3) is 7.14. The second-order valence-corrected chi connectivity index (χ2v) is 7.59. The van der Waals surface area contributed by atoms with Gasteiger partial charge in [-0.3, -0.25) is 4.99 Å². The van der Waals surface area contributed by atoms with Crippen molar-refractivity contribution >= 4 is 17.7 Å². The van der Waals surface area contributed by atoms with Crippen LogP contribution < -0.4 is 10.6 Å². The van der Waals surface area contributed by atoms with E-state index in [4.69, 9.17) is 0 Å². The molecule has 0 aromatic heterocycles. The highest BCUT2D eigenvalue weighted by Gasteiger charge is 2.15. The Morgan fingerprint density at radius 1 is 1.33 bits per heavy atom. The molecule has 106 valence electrons. The first-order valence-corrected chi connectivity index (χ1v) is 8.12. The van der Waals surface area contributed by atoms with Crippen molar-refractivity contribution < 1.29 is 0 Å². The monoisotopic (exact) mass is 271 g/mol. The molecule has 2 N–H and O–H groups in total. The zero-order valence-electron chi connectivity index (χ0n) is 12.4. The van der Waals surface area contributed by atoms with E-state index in [0.717, 1.165) is 24.3 Å². The van der Waals surface area contributed by atoms with E-state index in [1.807, 2.05) is 7.05 Å². The first-order valence-electron chi connectivity index (χ1n) is 7.07. The van der Waals surface area contributed by atoms with E-state index in [1.54, 1.807) is 0 Å². The van der Waals surface area contributed by atoms with Gasteiger partial charge in [0, 0.05) is 25.4 Å². The molecule has 1 fully saturated rings. The number of nitrogens with one attached hydrogen (secondary N) is 2. The number of guanidine groups is 1. The zero-order valence-corrected chi connectivity index (χ0v) is 13.2. The lowest BCUT2D eigenvalue weighted by Crippen LogP contribution is -2.40. The Morgan fingerprint density at radius 2 is 2.11 bits per heavy atom. The van der Waals surface area contributed by atoms with Gasteiger partial charge in [0.2, 0.25) is 0 Å². The average molecular weight is 271 g/mol. The fraction of sp³-hybridized carbons (Fsp3) is 0.929. The predicted octanol–water partition coefficient (Wildman–Crippen LogP) is 2.87. The van der Waals surface area contributed by atoms with Gasteiger partial charge in [-0.2, -0.15) is 11.8 Å². The van der Waals surface area contributed by atoms with E-state index >= 15 is 0 Å². The van der Waals surface area contributed by atoms with E-state index in [2.05, 4.69) is 48.2 Å². The molecule has 1 heterocycles. The van der Waals surface area contributed by atoms with E-state index in [9.17, 15) is 0 Å². The van der Waals surface area contributed by atoms with Crippen molar-refractivity contribution in [3.05, 3.63) is 0 Å². The molecule has 4 heteroatoms. The number of rotatable bonds is 5. The quantitative estimate of drug-likeness (QED) is 0.458. The Hall–Kier alpha value is -0.380. The normalized spacial score (nSPS) is 21.1. The first kappa shape index (κ1) is 15.7. The summed E-state index contributed by atoms with van der Waals surface area (Å²) < 4.78 is 0. The molecule has 0 amide bonds. The van der Waals surface area contributed by atoms with E-state index in [1.165, 1.54) is 31.4 Å². The Labute approximate surface area is 117 Å². The molecule has 0 aliphatic carbocycles. The molecule has 0 bridgehead atoms. The smallest absolute Gasteiger partial charge is 0.191 e. The molecule has 0 aromatic carbocycles. The van der Waals surface area contributed by atoms with Crippen molar-refractivity contribution in [2.24, 2.45) is 10.4 Å². The van der Waals surface area contributed by atoms with Crippen LogP contribution in [0, 0.1) is 5.41 Å². The second-order valence-electron chi connectivity index (χ2n) is 6.18. The minimum atomic E-state index is 0.430. The standard InChI is InChI=1S/C14H29N3S/c1-14(2,3)8-6-9-16-13(15-4)17-11-12-7-5-10-18-12/h12H,5-11H2,1-4H3,(H2,15,16,17). The molecule has 0 radical (unpaired) electrons. The molecule has 1 atom stereocenters. The maximum Gasteiger partial charge on any atom is 0.191 e.